The molecular formula is C13H13N3O. The van der Waals surface area contributed by atoms with E-state index in [4.69, 9.17) is 0 Å². The molecule has 1 aliphatic rings. The number of aromatic nitrogens is 2. The van der Waals surface area contributed by atoms with Crippen molar-refractivity contribution in [3.63, 3.8) is 0 Å². The average Bonchev–Trinajstić information content (AvgIpc) is 2.73. The molecule has 0 spiro atoms. The van der Waals surface area contributed by atoms with Gasteiger partial charge in [0.05, 0.1) is 6.04 Å². The van der Waals surface area contributed by atoms with Crippen LogP contribution in [0.4, 0.5) is 0 Å². The highest BCUT2D eigenvalue weighted by Crippen LogP contribution is 2.26. The van der Waals surface area contributed by atoms with Crippen molar-refractivity contribution in [2.24, 2.45) is 0 Å². The van der Waals surface area contributed by atoms with E-state index in [-0.39, 0.29) is 11.9 Å². The number of hydrogen-bond acceptors (Lipinski definition) is 2. The molecule has 1 aliphatic heterocycles. The van der Waals surface area contributed by atoms with Crippen molar-refractivity contribution < 1.29 is 4.79 Å². The summed E-state index contributed by atoms with van der Waals surface area (Å²) in [5, 5.41) is 9.88. The summed E-state index contributed by atoms with van der Waals surface area (Å²) in [6.45, 7) is 1.95. The second kappa shape index (κ2) is 3.73. The molecule has 86 valence electrons. The number of benzene rings is 1. The highest BCUT2D eigenvalue weighted by molar-refractivity contribution is 5.95. The van der Waals surface area contributed by atoms with E-state index in [2.05, 4.69) is 15.5 Å². The number of nitrogens with zero attached hydrogens (tertiary/aromatic N) is 1. The molecule has 2 heterocycles. The van der Waals surface area contributed by atoms with E-state index in [1.165, 1.54) is 0 Å². The van der Waals surface area contributed by atoms with Crippen LogP contribution in [0.2, 0.25) is 0 Å². The highest BCUT2D eigenvalue weighted by atomic mass is 16.2. The third kappa shape index (κ3) is 1.62. The largest absolute Gasteiger partial charge is 0.343 e. The topological polar surface area (TPSA) is 57.8 Å². The quantitative estimate of drug-likeness (QED) is 0.779. The van der Waals surface area contributed by atoms with E-state index in [1.54, 1.807) is 0 Å². The second-order valence-electron chi connectivity index (χ2n) is 4.32. The van der Waals surface area contributed by atoms with Crippen LogP contribution in [0.15, 0.2) is 30.3 Å². The van der Waals surface area contributed by atoms with Crippen molar-refractivity contribution >= 4 is 5.91 Å². The van der Waals surface area contributed by atoms with E-state index >= 15 is 0 Å². The van der Waals surface area contributed by atoms with Crippen molar-refractivity contribution in [2.45, 2.75) is 19.4 Å². The molecule has 1 amide bonds. The fourth-order valence-electron chi connectivity index (χ4n) is 2.26. The third-order valence-electron chi connectivity index (χ3n) is 3.20. The van der Waals surface area contributed by atoms with Crippen molar-refractivity contribution in [3.8, 4) is 0 Å². The number of H-pyrrole nitrogens is 1. The summed E-state index contributed by atoms with van der Waals surface area (Å²) in [5.41, 5.74) is 3.68. The van der Waals surface area contributed by atoms with Gasteiger partial charge in [0.15, 0.2) is 5.69 Å². The van der Waals surface area contributed by atoms with Gasteiger partial charge in [-0.1, -0.05) is 30.3 Å². The van der Waals surface area contributed by atoms with E-state index in [0.717, 1.165) is 23.2 Å². The Bertz CT molecular complexity index is 559. The molecule has 0 bridgehead atoms. The molecule has 0 saturated heterocycles. The van der Waals surface area contributed by atoms with Gasteiger partial charge in [-0.3, -0.25) is 9.89 Å². The number of aromatic amines is 1. The lowest BCUT2D eigenvalue weighted by atomic mass is 9.94. The minimum absolute atomic E-state index is 0.0486. The Morgan fingerprint density at radius 3 is 2.82 bits per heavy atom. The molecule has 17 heavy (non-hydrogen) atoms. The fraction of sp³-hybridized carbons (Fsp3) is 0.231. The van der Waals surface area contributed by atoms with Crippen LogP contribution in [0.3, 0.4) is 0 Å². The normalized spacial score (nSPS) is 18.6. The van der Waals surface area contributed by atoms with Gasteiger partial charge in [-0.15, -0.1) is 0 Å². The summed E-state index contributed by atoms with van der Waals surface area (Å²) < 4.78 is 0. The molecule has 4 nitrogen and oxygen atoms in total. The molecule has 1 aromatic carbocycles. The lowest BCUT2D eigenvalue weighted by Crippen LogP contribution is -2.35. The summed E-state index contributed by atoms with van der Waals surface area (Å²) in [6, 6.07) is 10.1. The van der Waals surface area contributed by atoms with Crippen LogP contribution in [-0.2, 0) is 6.42 Å². The first kappa shape index (κ1) is 10.1. The SMILES string of the molecule is Cc1[nH]nc2c1C[C@H](c1ccccc1)NC2=O. The molecule has 2 N–H and O–H groups in total. The molecule has 2 aromatic rings. The van der Waals surface area contributed by atoms with E-state index < -0.39 is 0 Å². The first-order valence-corrected chi connectivity index (χ1v) is 5.65. The van der Waals surface area contributed by atoms with Gasteiger partial charge in [0.25, 0.3) is 5.91 Å². The first-order valence-electron chi connectivity index (χ1n) is 5.65. The molecule has 0 radical (unpaired) electrons. The number of carbonyl (C=O) groups is 1. The molecule has 1 atom stereocenters. The maximum Gasteiger partial charge on any atom is 0.272 e. The zero-order valence-electron chi connectivity index (χ0n) is 9.53. The molecule has 0 fully saturated rings. The van der Waals surface area contributed by atoms with Gasteiger partial charge in [-0.05, 0) is 12.5 Å². The molecule has 0 saturated carbocycles. The number of rotatable bonds is 1. The van der Waals surface area contributed by atoms with Crippen LogP contribution in [0, 0.1) is 6.92 Å². The lowest BCUT2D eigenvalue weighted by molar-refractivity contribution is 0.0920. The third-order valence-corrected chi connectivity index (χ3v) is 3.20. The summed E-state index contributed by atoms with van der Waals surface area (Å²) in [4.78, 5) is 11.9. The van der Waals surface area contributed by atoms with Crippen LogP contribution < -0.4 is 5.32 Å². The minimum atomic E-state index is -0.0931. The zero-order chi connectivity index (χ0) is 11.8. The number of fused-ring (bicyclic) bond motifs is 1. The van der Waals surface area contributed by atoms with Crippen molar-refractivity contribution in [1.29, 1.82) is 0 Å². The predicted octanol–water partition coefficient (Wildman–Crippen LogP) is 1.75. The predicted molar refractivity (Wildman–Crippen MR) is 63.7 cm³/mol. The molecule has 1 aromatic heterocycles. The Morgan fingerprint density at radius 1 is 1.29 bits per heavy atom. The number of aryl methyl sites for hydroxylation is 1. The molecule has 4 heteroatoms. The molecular weight excluding hydrogens is 214 g/mol. The standard InChI is InChI=1S/C13H13N3O/c1-8-10-7-11(9-5-3-2-4-6-9)14-13(17)12(10)16-15-8/h2-6,11H,7H2,1H3,(H,14,17)(H,15,16)/t11-/m1/s1. The van der Waals surface area contributed by atoms with E-state index in [0.29, 0.717) is 5.69 Å². The van der Waals surface area contributed by atoms with Gasteiger partial charge in [-0.2, -0.15) is 5.10 Å². The lowest BCUT2D eigenvalue weighted by Gasteiger charge is -2.23. The van der Waals surface area contributed by atoms with Gasteiger partial charge in [-0.25, -0.2) is 0 Å². The second-order valence-corrected chi connectivity index (χ2v) is 4.32. The van der Waals surface area contributed by atoms with Gasteiger partial charge >= 0.3 is 0 Å². The van der Waals surface area contributed by atoms with Crippen LogP contribution in [0.25, 0.3) is 0 Å². The maximum absolute atomic E-state index is 11.9. The summed E-state index contributed by atoms with van der Waals surface area (Å²) in [5.74, 6) is -0.0931. The Hall–Kier alpha value is -2.10. The minimum Gasteiger partial charge on any atom is -0.343 e. The van der Waals surface area contributed by atoms with Crippen LogP contribution in [-0.4, -0.2) is 16.1 Å². The summed E-state index contributed by atoms with van der Waals surface area (Å²) in [7, 11) is 0. The van der Waals surface area contributed by atoms with Gasteiger partial charge in [0.2, 0.25) is 0 Å². The highest BCUT2D eigenvalue weighted by Gasteiger charge is 2.28. The van der Waals surface area contributed by atoms with Crippen molar-refractivity contribution in [3.05, 3.63) is 52.8 Å². The van der Waals surface area contributed by atoms with Gasteiger partial charge < -0.3 is 5.32 Å². The number of nitrogens with one attached hydrogen (secondary N) is 2. The van der Waals surface area contributed by atoms with E-state index in [9.17, 15) is 4.79 Å². The van der Waals surface area contributed by atoms with Crippen molar-refractivity contribution in [1.82, 2.24) is 15.5 Å². The van der Waals surface area contributed by atoms with Crippen LogP contribution in [0.5, 0.6) is 0 Å². The summed E-state index contributed by atoms with van der Waals surface area (Å²) >= 11 is 0. The van der Waals surface area contributed by atoms with Crippen LogP contribution >= 0.6 is 0 Å². The Balaban J connectivity index is 1.99. The average molecular weight is 227 g/mol. The fourth-order valence-corrected chi connectivity index (χ4v) is 2.26. The number of carbonyl (C=O) groups excluding carboxylic acids is 1. The maximum atomic E-state index is 11.9. The Kier molecular flexibility index (Phi) is 2.21. The molecule has 0 aliphatic carbocycles. The zero-order valence-corrected chi connectivity index (χ0v) is 9.53. The molecule has 0 unspecified atom stereocenters. The monoisotopic (exact) mass is 227 g/mol. The van der Waals surface area contributed by atoms with Gasteiger partial charge in [0.1, 0.15) is 0 Å². The Labute approximate surface area is 99.1 Å². The number of hydrogen-bond donors (Lipinski definition) is 2. The summed E-state index contributed by atoms with van der Waals surface area (Å²) in [6.07, 6.45) is 0.799. The smallest absolute Gasteiger partial charge is 0.272 e. The van der Waals surface area contributed by atoms with Crippen LogP contribution in [0.1, 0.15) is 33.4 Å². The van der Waals surface area contributed by atoms with Crippen molar-refractivity contribution in [2.75, 3.05) is 0 Å². The van der Waals surface area contributed by atoms with E-state index in [1.807, 2.05) is 37.3 Å². The van der Waals surface area contributed by atoms with Gasteiger partial charge in [0, 0.05) is 17.7 Å². The first-order chi connectivity index (χ1) is 8.25. The molecule has 3 rings (SSSR count). The Morgan fingerprint density at radius 2 is 2.06 bits per heavy atom. The number of amides is 1.